The quantitative estimate of drug-likeness (QED) is 0.321. The monoisotopic (exact) mass is 556 g/mol. The summed E-state index contributed by atoms with van der Waals surface area (Å²) in [6, 6.07) is 9.42. The van der Waals surface area contributed by atoms with Crippen molar-refractivity contribution >= 4 is 27.3 Å². The molecule has 1 unspecified atom stereocenters. The minimum atomic E-state index is -1.47. The molecule has 39 heavy (non-hydrogen) atoms. The van der Waals surface area contributed by atoms with Crippen LogP contribution in [0.1, 0.15) is 42.4 Å². The number of aromatic nitrogens is 1. The zero-order valence-electron chi connectivity index (χ0n) is 21.8. The highest BCUT2D eigenvalue weighted by atomic mass is 32.1. The second-order valence-corrected chi connectivity index (χ2v) is 11.7. The molecule has 10 heteroatoms. The Labute approximate surface area is 226 Å². The molecule has 1 fully saturated rings. The first kappa shape index (κ1) is 27.0. The number of nitrogens with zero attached hydrogens (tertiary/aromatic N) is 2. The third-order valence-electron chi connectivity index (χ3n) is 6.87. The van der Waals surface area contributed by atoms with Crippen molar-refractivity contribution in [3.8, 4) is 22.6 Å². The van der Waals surface area contributed by atoms with Gasteiger partial charge in [0, 0.05) is 48.8 Å². The molecule has 0 aliphatic carbocycles. The second kappa shape index (κ2) is 9.53. The molecule has 0 spiro atoms. The van der Waals surface area contributed by atoms with Gasteiger partial charge in [-0.3, -0.25) is 9.59 Å². The molecule has 1 atom stereocenters. The number of fused-ring (bicyclic) bond motifs is 1. The summed E-state index contributed by atoms with van der Waals surface area (Å²) >= 11 is 1.03. The summed E-state index contributed by atoms with van der Waals surface area (Å²) in [6.45, 7) is 4.93. The van der Waals surface area contributed by atoms with E-state index >= 15 is 0 Å². The number of hydrogen-bond acceptors (Lipinski definition) is 5. The van der Waals surface area contributed by atoms with Gasteiger partial charge in [-0.2, -0.15) is 0 Å². The van der Waals surface area contributed by atoms with Crippen LogP contribution in [0.15, 0.2) is 53.5 Å². The fourth-order valence-corrected chi connectivity index (χ4v) is 5.82. The van der Waals surface area contributed by atoms with E-state index in [2.05, 4.69) is 0 Å². The van der Waals surface area contributed by atoms with Crippen molar-refractivity contribution in [2.75, 3.05) is 13.1 Å². The summed E-state index contributed by atoms with van der Waals surface area (Å²) in [7, 11) is 1.57. The van der Waals surface area contributed by atoms with Gasteiger partial charge in [0.1, 0.15) is 21.9 Å². The fourth-order valence-electron chi connectivity index (χ4n) is 4.69. The maximum Gasteiger partial charge on any atom is 0.268 e. The molecule has 1 aliphatic heterocycles. The Balaban J connectivity index is 1.69. The number of rotatable bonds is 5. The van der Waals surface area contributed by atoms with Crippen LogP contribution in [0, 0.1) is 11.6 Å². The van der Waals surface area contributed by atoms with E-state index in [1.807, 2.05) is 0 Å². The number of aryl methyl sites for hydroxylation is 1. The molecule has 5 rings (SSSR count). The summed E-state index contributed by atoms with van der Waals surface area (Å²) in [5.41, 5.74) is -1.57. The van der Waals surface area contributed by atoms with E-state index in [4.69, 9.17) is 4.74 Å². The minimum absolute atomic E-state index is 0.0280. The van der Waals surface area contributed by atoms with Crippen molar-refractivity contribution < 1.29 is 27.8 Å². The first-order valence-electron chi connectivity index (χ1n) is 12.3. The van der Waals surface area contributed by atoms with Crippen LogP contribution in [0.2, 0.25) is 0 Å². The van der Waals surface area contributed by atoms with Gasteiger partial charge >= 0.3 is 0 Å². The van der Waals surface area contributed by atoms with Crippen LogP contribution in [0.25, 0.3) is 21.2 Å². The fraction of sp³-hybridized carbons (Fsp3) is 0.310. The number of likely N-dealkylation sites (tertiary alicyclic amines) is 1. The number of pyridine rings is 1. The van der Waals surface area contributed by atoms with Gasteiger partial charge in [0.2, 0.25) is 0 Å². The molecule has 1 saturated heterocycles. The predicted octanol–water partition coefficient (Wildman–Crippen LogP) is 6.14. The first-order chi connectivity index (χ1) is 18.2. The summed E-state index contributed by atoms with van der Waals surface area (Å²) < 4.78 is 50.0. The number of amides is 1. The van der Waals surface area contributed by atoms with E-state index in [0.717, 1.165) is 17.4 Å². The number of alkyl halides is 1. The number of thiophene rings is 1. The number of halogens is 3. The Bertz CT molecular complexity index is 1670. The molecule has 1 amide bonds. The molecule has 6 nitrogen and oxygen atoms in total. The highest BCUT2D eigenvalue weighted by molar-refractivity contribution is 7.20. The third-order valence-corrected chi connectivity index (χ3v) is 7.98. The molecule has 0 saturated carbocycles. The van der Waals surface area contributed by atoms with Crippen LogP contribution >= 0.6 is 11.3 Å². The maximum atomic E-state index is 14.5. The largest absolute Gasteiger partial charge is 0.454 e. The van der Waals surface area contributed by atoms with Gasteiger partial charge in [0.15, 0.2) is 11.6 Å². The first-order valence-corrected chi connectivity index (χ1v) is 13.2. The number of ether oxygens (including phenoxy) is 1. The van der Waals surface area contributed by atoms with Crippen molar-refractivity contribution in [2.24, 2.45) is 7.05 Å². The molecule has 0 radical (unpaired) electrons. The van der Waals surface area contributed by atoms with Crippen LogP contribution in [0.4, 0.5) is 13.2 Å². The summed E-state index contributed by atoms with van der Waals surface area (Å²) in [5.74, 6) is -2.02. The van der Waals surface area contributed by atoms with E-state index in [1.165, 1.54) is 22.5 Å². The molecule has 1 N–H and O–H groups in total. The van der Waals surface area contributed by atoms with Crippen LogP contribution in [0.3, 0.4) is 0 Å². The summed E-state index contributed by atoms with van der Waals surface area (Å²) in [5, 5.41) is 11.2. The van der Waals surface area contributed by atoms with E-state index in [-0.39, 0.29) is 47.4 Å². The molecule has 2 aromatic heterocycles. The van der Waals surface area contributed by atoms with Crippen LogP contribution in [-0.4, -0.2) is 39.2 Å². The predicted molar refractivity (Wildman–Crippen MR) is 144 cm³/mol. The van der Waals surface area contributed by atoms with Gasteiger partial charge < -0.3 is 19.3 Å². The summed E-state index contributed by atoms with van der Waals surface area (Å²) in [4.78, 5) is 28.1. The van der Waals surface area contributed by atoms with Crippen molar-refractivity contribution in [3.05, 3.63) is 81.1 Å². The maximum absolute atomic E-state index is 14.5. The third kappa shape index (κ3) is 5.18. The van der Waals surface area contributed by atoms with Crippen molar-refractivity contribution in [1.29, 1.82) is 0 Å². The molecule has 0 bridgehead atoms. The summed E-state index contributed by atoms with van der Waals surface area (Å²) in [6.07, 6.45) is 1.82. The van der Waals surface area contributed by atoms with Crippen LogP contribution < -0.4 is 10.3 Å². The highest BCUT2D eigenvalue weighted by Gasteiger charge is 2.37. The second-order valence-electron chi connectivity index (χ2n) is 10.6. The van der Waals surface area contributed by atoms with Gasteiger partial charge in [-0.15, -0.1) is 11.3 Å². The molecule has 204 valence electrons. The number of aliphatic hydroxyl groups is 1. The van der Waals surface area contributed by atoms with E-state index in [1.54, 1.807) is 51.4 Å². The van der Waals surface area contributed by atoms with Crippen molar-refractivity contribution in [1.82, 2.24) is 9.47 Å². The Morgan fingerprint density at radius 2 is 1.82 bits per heavy atom. The normalized spacial score (nSPS) is 17.7. The Kier molecular flexibility index (Phi) is 6.59. The van der Waals surface area contributed by atoms with Gasteiger partial charge in [0.25, 0.3) is 11.5 Å². The molecule has 3 heterocycles. The number of carbonyl (C=O) groups excluding carboxylic acids is 1. The van der Waals surface area contributed by atoms with Crippen LogP contribution in [0.5, 0.6) is 11.5 Å². The standard InChI is InChI=1S/C29H27F3N2O4S/c1-28(2,37)16-5-7-22(38-23-8-6-17(30)12-21(23)31)18(11-16)20-14-33(4)27(36)25-19(20)13-24(39-25)26(35)34-10-9-29(3,32)15-34/h5-8,11-14,37H,9-10,15H2,1-4H3. The van der Waals surface area contributed by atoms with E-state index in [9.17, 15) is 27.9 Å². The highest BCUT2D eigenvalue weighted by Crippen LogP contribution is 2.41. The minimum Gasteiger partial charge on any atom is -0.454 e. The van der Waals surface area contributed by atoms with Crippen molar-refractivity contribution in [2.45, 2.75) is 38.5 Å². The number of carbonyl (C=O) groups is 1. The number of hydrogen-bond donors (Lipinski definition) is 1. The van der Waals surface area contributed by atoms with Crippen LogP contribution in [-0.2, 0) is 12.6 Å². The Morgan fingerprint density at radius 3 is 2.46 bits per heavy atom. The van der Waals surface area contributed by atoms with E-state index in [0.29, 0.717) is 32.8 Å². The van der Waals surface area contributed by atoms with Crippen molar-refractivity contribution in [3.63, 3.8) is 0 Å². The molecule has 1 aliphatic rings. The Hall–Kier alpha value is -3.63. The van der Waals surface area contributed by atoms with Gasteiger partial charge in [-0.05, 0) is 56.7 Å². The SMILES string of the molecule is Cn1cc(-c2cc(C(C)(C)O)ccc2Oc2ccc(F)cc2F)c2cc(C(=O)N3CCC(C)(F)C3)sc2c1=O. The molecular formula is C29H27F3N2O4S. The lowest BCUT2D eigenvalue weighted by Gasteiger charge is -2.21. The molecule has 4 aromatic rings. The Morgan fingerprint density at radius 1 is 1.10 bits per heavy atom. The lowest BCUT2D eigenvalue weighted by atomic mass is 9.93. The molecular weight excluding hydrogens is 529 g/mol. The average molecular weight is 557 g/mol. The molecule has 2 aromatic carbocycles. The van der Waals surface area contributed by atoms with Gasteiger partial charge in [-0.25, -0.2) is 13.2 Å². The lowest BCUT2D eigenvalue weighted by molar-refractivity contribution is 0.0764. The smallest absolute Gasteiger partial charge is 0.268 e. The van der Waals surface area contributed by atoms with Gasteiger partial charge in [0.05, 0.1) is 17.0 Å². The van der Waals surface area contributed by atoms with Gasteiger partial charge in [-0.1, -0.05) is 6.07 Å². The zero-order chi connectivity index (χ0) is 28.3. The lowest BCUT2D eigenvalue weighted by Crippen LogP contribution is -2.31. The topological polar surface area (TPSA) is 71.8 Å². The zero-order valence-corrected chi connectivity index (χ0v) is 22.7. The number of benzene rings is 2. The average Bonchev–Trinajstić information content (AvgIpc) is 3.46. The van der Waals surface area contributed by atoms with E-state index < -0.39 is 22.9 Å².